The van der Waals surface area contributed by atoms with Gasteiger partial charge in [0.15, 0.2) is 0 Å². The maximum absolute atomic E-state index is 13.1. The summed E-state index contributed by atoms with van der Waals surface area (Å²) in [6.45, 7) is 14.6. The first-order chi connectivity index (χ1) is 17.5. The van der Waals surface area contributed by atoms with Gasteiger partial charge in [0.05, 0.1) is 16.3 Å². The Morgan fingerprint density at radius 1 is 1.22 bits per heavy atom. The van der Waals surface area contributed by atoms with E-state index in [2.05, 4.69) is 37.5 Å². The number of carbonyl (C=O) groups excluding carboxylic acids is 2. The molecule has 2 amide bonds. The van der Waals surface area contributed by atoms with E-state index in [4.69, 9.17) is 9.72 Å². The second kappa shape index (κ2) is 11.1. The molecule has 7 nitrogen and oxygen atoms in total. The van der Waals surface area contributed by atoms with E-state index in [9.17, 15) is 9.59 Å². The lowest BCUT2D eigenvalue weighted by Gasteiger charge is -2.39. The molecule has 0 aliphatic carbocycles. The minimum absolute atomic E-state index is 0.0264. The van der Waals surface area contributed by atoms with Crippen LogP contribution in [0.2, 0.25) is 0 Å². The third-order valence-electron chi connectivity index (χ3n) is 6.63. The third-order valence-corrected chi connectivity index (χ3v) is 9.00. The number of nitrogens with zero attached hydrogens (tertiary/aromatic N) is 2. The van der Waals surface area contributed by atoms with E-state index >= 15 is 0 Å². The van der Waals surface area contributed by atoms with Gasteiger partial charge in [0.1, 0.15) is 15.6 Å². The van der Waals surface area contributed by atoms with Gasteiger partial charge in [0.2, 0.25) is 5.91 Å². The Labute approximate surface area is 227 Å². The average molecular weight is 543 g/mol. The van der Waals surface area contributed by atoms with E-state index in [1.807, 2.05) is 50.8 Å². The van der Waals surface area contributed by atoms with E-state index in [-0.39, 0.29) is 24.1 Å². The fraction of sp³-hybridized carbons (Fsp3) is 0.536. The van der Waals surface area contributed by atoms with Gasteiger partial charge in [-0.1, -0.05) is 19.1 Å². The summed E-state index contributed by atoms with van der Waals surface area (Å²) in [6, 6.07) is 8.24. The summed E-state index contributed by atoms with van der Waals surface area (Å²) in [5.74, 6) is -0.0264. The van der Waals surface area contributed by atoms with Crippen molar-refractivity contribution < 1.29 is 14.3 Å². The van der Waals surface area contributed by atoms with E-state index in [1.165, 1.54) is 0 Å². The van der Waals surface area contributed by atoms with E-state index in [1.54, 1.807) is 22.7 Å². The van der Waals surface area contributed by atoms with Gasteiger partial charge in [-0.2, -0.15) is 0 Å². The molecule has 2 unspecified atom stereocenters. The molecule has 37 heavy (non-hydrogen) atoms. The van der Waals surface area contributed by atoms with Crippen molar-refractivity contribution in [1.29, 1.82) is 0 Å². The Bertz CT molecular complexity index is 1240. The number of nitrogens with one attached hydrogen (secondary N) is 2. The Morgan fingerprint density at radius 3 is 2.62 bits per heavy atom. The van der Waals surface area contributed by atoms with Crippen molar-refractivity contribution in [3.05, 3.63) is 34.7 Å². The first-order valence-electron chi connectivity index (χ1n) is 13.0. The number of anilines is 1. The fourth-order valence-corrected chi connectivity index (χ4v) is 7.04. The molecule has 9 heteroatoms. The van der Waals surface area contributed by atoms with Crippen LogP contribution in [0.15, 0.2) is 24.3 Å². The standard InChI is InChI=1S/C28H38N4O3S2/c1-8-16(2)29-14-13-22(33)31-26-23(25-30-20-11-9-10-12-21(20)36-25)19-15-17(3)32(18(4)24(19)37-26)27(34)35-28(5,6)7/h9-12,16-18,29H,8,13-15H2,1-7H3,(H,31,33)/t16-,17?,18?/m0/s1. The van der Waals surface area contributed by atoms with E-state index in [0.29, 0.717) is 25.4 Å². The van der Waals surface area contributed by atoms with Crippen molar-refractivity contribution in [2.45, 2.75) is 91.5 Å². The molecule has 2 N–H and O–H groups in total. The topological polar surface area (TPSA) is 83.6 Å². The fourth-order valence-electron chi connectivity index (χ4n) is 4.64. The van der Waals surface area contributed by atoms with Crippen LogP contribution >= 0.6 is 22.7 Å². The number of para-hydroxylation sites is 1. The number of thiazole rings is 1. The number of amides is 2. The number of benzene rings is 1. The van der Waals surface area contributed by atoms with Crippen LogP contribution < -0.4 is 10.6 Å². The number of hydrogen-bond acceptors (Lipinski definition) is 7. The van der Waals surface area contributed by atoms with Gasteiger partial charge in [0, 0.05) is 35.5 Å². The zero-order valence-electron chi connectivity index (χ0n) is 22.8. The Balaban J connectivity index is 1.70. The SMILES string of the molecule is CC[C@H](C)NCCC(=O)Nc1sc2c(c1-c1nc3ccccc3s1)CC(C)N(C(=O)OC(C)(C)C)C2C. The maximum atomic E-state index is 13.1. The molecule has 0 fully saturated rings. The van der Waals surface area contributed by atoms with Crippen molar-refractivity contribution in [1.82, 2.24) is 15.2 Å². The highest BCUT2D eigenvalue weighted by Gasteiger charge is 2.39. The smallest absolute Gasteiger partial charge is 0.411 e. The molecular weight excluding hydrogens is 504 g/mol. The largest absolute Gasteiger partial charge is 0.444 e. The summed E-state index contributed by atoms with van der Waals surface area (Å²) in [6.07, 6.45) is 1.77. The number of fused-ring (bicyclic) bond motifs is 2. The van der Waals surface area contributed by atoms with Crippen molar-refractivity contribution in [3.63, 3.8) is 0 Å². The van der Waals surface area contributed by atoms with Gasteiger partial charge < -0.3 is 15.4 Å². The second-order valence-electron chi connectivity index (χ2n) is 10.8. The van der Waals surface area contributed by atoms with Gasteiger partial charge in [-0.25, -0.2) is 9.78 Å². The number of hydrogen-bond donors (Lipinski definition) is 2. The lowest BCUT2D eigenvalue weighted by Crippen LogP contribution is -2.46. The molecule has 0 saturated heterocycles. The predicted octanol–water partition coefficient (Wildman–Crippen LogP) is 6.98. The van der Waals surface area contributed by atoms with Crippen molar-refractivity contribution >= 4 is 49.9 Å². The number of thiophene rings is 1. The number of aromatic nitrogens is 1. The first kappa shape index (κ1) is 27.5. The van der Waals surface area contributed by atoms with Crippen molar-refractivity contribution in [2.24, 2.45) is 0 Å². The highest BCUT2D eigenvalue weighted by atomic mass is 32.1. The summed E-state index contributed by atoms with van der Waals surface area (Å²) in [5.41, 5.74) is 2.54. The molecule has 200 valence electrons. The van der Waals surface area contributed by atoms with Gasteiger partial charge >= 0.3 is 6.09 Å². The summed E-state index contributed by atoms with van der Waals surface area (Å²) in [5, 5.41) is 8.29. The first-order valence-corrected chi connectivity index (χ1v) is 14.7. The van der Waals surface area contributed by atoms with Gasteiger partial charge in [-0.05, 0) is 72.1 Å². The monoisotopic (exact) mass is 542 g/mol. The summed E-state index contributed by atoms with van der Waals surface area (Å²) >= 11 is 3.19. The minimum atomic E-state index is -0.569. The molecule has 3 heterocycles. The third kappa shape index (κ3) is 6.16. The highest BCUT2D eigenvalue weighted by Crippen LogP contribution is 2.50. The van der Waals surface area contributed by atoms with Crippen LogP contribution in [0.25, 0.3) is 20.8 Å². The van der Waals surface area contributed by atoms with Crippen LogP contribution in [0.3, 0.4) is 0 Å². The lowest BCUT2D eigenvalue weighted by atomic mass is 9.93. The molecule has 3 aromatic rings. The average Bonchev–Trinajstić information content (AvgIpc) is 3.38. The van der Waals surface area contributed by atoms with E-state index in [0.717, 1.165) is 42.7 Å². The Kier molecular flexibility index (Phi) is 8.26. The van der Waals surface area contributed by atoms with Crippen LogP contribution in [0.1, 0.15) is 77.8 Å². The molecule has 4 rings (SSSR count). The molecule has 1 aromatic carbocycles. The lowest BCUT2D eigenvalue weighted by molar-refractivity contribution is -0.116. The number of rotatable bonds is 7. The molecule has 0 bridgehead atoms. The summed E-state index contributed by atoms with van der Waals surface area (Å²) < 4.78 is 6.85. The van der Waals surface area contributed by atoms with E-state index < -0.39 is 5.60 Å². The quantitative estimate of drug-likeness (QED) is 0.336. The van der Waals surface area contributed by atoms with Crippen LogP contribution in [0, 0.1) is 0 Å². The number of ether oxygens (including phenoxy) is 1. The molecule has 1 aliphatic rings. The molecular formula is C28H38N4O3S2. The zero-order chi connectivity index (χ0) is 26.9. The molecule has 0 saturated carbocycles. The second-order valence-corrected chi connectivity index (χ2v) is 12.9. The van der Waals surface area contributed by atoms with Crippen LogP contribution in [0.4, 0.5) is 9.80 Å². The van der Waals surface area contributed by atoms with Gasteiger partial charge in [0.25, 0.3) is 0 Å². The molecule has 0 spiro atoms. The van der Waals surface area contributed by atoms with Crippen molar-refractivity contribution in [2.75, 3.05) is 11.9 Å². The van der Waals surface area contributed by atoms with Crippen molar-refractivity contribution in [3.8, 4) is 10.6 Å². The van der Waals surface area contributed by atoms with Crippen LogP contribution in [0.5, 0.6) is 0 Å². The maximum Gasteiger partial charge on any atom is 0.411 e. The highest BCUT2D eigenvalue weighted by molar-refractivity contribution is 7.23. The molecule has 1 aliphatic heterocycles. The van der Waals surface area contributed by atoms with Crippen LogP contribution in [-0.4, -0.2) is 46.1 Å². The van der Waals surface area contributed by atoms with Crippen LogP contribution in [-0.2, 0) is 16.0 Å². The zero-order valence-corrected chi connectivity index (χ0v) is 24.4. The minimum Gasteiger partial charge on any atom is -0.444 e. The van der Waals surface area contributed by atoms with Gasteiger partial charge in [-0.15, -0.1) is 22.7 Å². The predicted molar refractivity (Wildman–Crippen MR) is 154 cm³/mol. The number of carbonyl (C=O) groups is 2. The summed E-state index contributed by atoms with van der Waals surface area (Å²) in [4.78, 5) is 33.9. The summed E-state index contributed by atoms with van der Waals surface area (Å²) in [7, 11) is 0. The molecule has 2 aromatic heterocycles. The van der Waals surface area contributed by atoms with Gasteiger partial charge in [-0.3, -0.25) is 9.69 Å². The molecule has 0 radical (unpaired) electrons. The molecule has 3 atom stereocenters. The normalized spacial score (nSPS) is 18.5. The Morgan fingerprint density at radius 2 is 1.95 bits per heavy atom. The Hall–Kier alpha value is -2.49.